The first-order chi connectivity index (χ1) is 17.6. The molecule has 1 aromatic rings. The highest BCUT2D eigenvalue weighted by Crippen LogP contribution is 2.28. The molecule has 14 nitrogen and oxygen atoms in total. The molecule has 2 fully saturated rings. The number of hydrogen-bond acceptors (Lipinski definition) is 13. The molecule has 37 heavy (non-hydrogen) atoms. The minimum atomic E-state index is -1.78. The van der Waals surface area contributed by atoms with Gasteiger partial charge in [0.25, 0.3) is 0 Å². The van der Waals surface area contributed by atoms with Gasteiger partial charge in [-0.2, -0.15) is 0 Å². The summed E-state index contributed by atoms with van der Waals surface area (Å²) in [6.07, 6.45) is -16.6. The zero-order chi connectivity index (χ0) is 27.3. The molecule has 2 aliphatic rings. The van der Waals surface area contributed by atoms with Crippen molar-refractivity contribution in [3.63, 3.8) is 0 Å². The van der Waals surface area contributed by atoms with E-state index >= 15 is 0 Å². The van der Waals surface area contributed by atoms with E-state index in [1.165, 1.54) is 0 Å². The predicted molar refractivity (Wildman–Crippen MR) is 123 cm³/mol. The molecule has 1 amide bonds. The number of amides is 1. The molecule has 2 saturated heterocycles. The second-order valence-electron chi connectivity index (χ2n) is 9.15. The maximum atomic E-state index is 12.4. The lowest BCUT2D eigenvalue weighted by molar-refractivity contribution is -0.343. The van der Waals surface area contributed by atoms with Crippen molar-refractivity contribution in [3.8, 4) is 0 Å². The maximum absolute atomic E-state index is 12.4. The van der Waals surface area contributed by atoms with Crippen LogP contribution in [-0.2, 0) is 19.0 Å². The number of carbonyl (C=O) groups excluding carboxylic acids is 1. The number of carbonyl (C=O) groups is 1. The monoisotopic (exact) mass is 532 g/mol. The van der Waals surface area contributed by atoms with Gasteiger partial charge >= 0.3 is 0 Å². The third-order valence-electron chi connectivity index (χ3n) is 6.51. The number of aliphatic hydroxyl groups excluding tert-OH is 8. The van der Waals surface area contributed by atoms with Gasteiger partial charge in [-0.3, -0.25) is 4.79 Å². The van der Waals surface area contributed by atoms with Crippen molar-refractivity contribution in [2.24, 2.45) is 0 Å². The van der Waals surface area contributed by atoms with E-state index in [1.807, 2.05) is 6.07 Å². The third kappa shape index (κ3) is 7.00. The molecule has 0 saturated carbocycles. The number of nitrogens with one attached hydrogen (secondary N) is 2. The van der Waals surface area contributed by atoms with E-state index < -0.39 is 92.6 Å². The van der Waals surface area contributed by atoms with E-state index in [0.29, 0.717) is 5.56 Å². The number of hydrogen-bond donors (Lipinski definition) is 10. The van der Waals surface area contributed by atoms with Gasteiger partial charge in [-0.05, 0) is 12.5 Å². The molecular formula is C23H36N2O12. The number of rotatable bonds is 10. The van der Waals surface area contributed by atoms with Crippen molar-refractivity contribution >= 4 is 5.91 Å². The number of benzene rings is 1. The van der Waals surface area contributed by atoms with Gasteiger partial charge in [0.05, 0.1) is 25.9 Å². The highest BCUT2D eigenvalue weighted by atomic mass is 16.7. The Morgan fingerprint density at radius 3 is 2.19 bits per heavy atom. The lowest BCUT2D eigenvalue weighted by Gasteiger charge is -2.46. The average Bonchev–Trinajstić information content (AvgIpc) is 2.91. The van der Waals surface area contributed by atoms with Gasteiger partial charge in [-0.25, -0.2) is 0 Å². The first-order valence-electron chi connectivity index (χ1n) is 11.9. The molecule has 12 atom stereocenters. The van der Waals surface area contributed by atoms with Crippen LogP contribution in [0, 0.1) is 0 Å². The van der Waals surface area contributed by atoms with Crippen LogP contribution in [0.3, 0.4) is 0 Å². The fraction of sp³-hybridized carbons (Fsp3) is 0.696. The van der Waals surface area contributed by atoms with Crippen molar-refractivity contribution in [1.82, 2.24) is 10.6 Å². The molecule has 0 radical (unpaired) electrons. The Morgan fingerprint density at radius 2 is 1.57 bits per heavy atom. The van der Waals surface area contributed by atoms with E-state index in [0.717, 1.165) is 0 Å². The minimum absolute atomic E-state index is 0.262. The first-order valence-corrected chi connectivity index (χ1v) is 11.9. The van der Waals surface area contributed by atoms with Crippen molar-refractivity contribution in [1.29, 1.82) is 0 Å². The SMILES string of the molecule is CC(NCC(=O)N[C@@H]1O[C@H](CO)[C@@H](O[C@@H]2O[C@H](CO)[C@H](O)[C@H](O)[C@H]2O)[C@H](O)[C@H]1O)C(O)c1ccccc1. The second kappa shape index (κ2) is 13.3. The van der Waals surface area contributed by atoms with Gasteiger partial charge in [0, 0.05) is 6.04 Å². The Hall–Kier alpha value is -1.79. The normalized spacial score (nSPS) is 38.1. The zero-order valence-corrected chi connectivity index (χ0v) is 20.1. The van der Waals surface area contributed by atoms with Crippen LogP contribution in [0.25, 0.3) is 0 Å². The van der Waals surface area contributed by atoms with E-state index in [4.69, 9.17) is 14.2 Å². The highest BCUT2D eigenvalue weighted by molar-refractivity contribution is 5.78. The Kier molecular flexibility index (Phi) is 10.7. The summed E-state index contributed by atoms with van der Waals surface area (Å²) in [5.41, 5.74) is 0.660. The lowest BCUT2D eigenvalue weighted by Crippen LogP contribution is -2.67. The quantitative estimate of drug-likeness (QED) is 0.137. The molecule has 14 heteroatoms. The summed E-state index contributed by atoms with van der Waals surface area (Å²) in [5.74, 6) is -0.631. The predicted octanol–water partition coefficient (Wildman–Crippen LogP) is -4.56. The molecule has 0 bridgehead atoms. The van der Waals surface area contributed by atoms with Gasteiger partial charge in [0.2, 0.25) is 5.91 Å². The van der Waals surface area contributed by atoms with E-state index in [1.54, 1.807) is 31.2 Å². The molecule has 0 spiro atoms. The zero-order valence-electron chi connectivity index (χ0n) is 20.1. The molecule has 2 heterocycles. The number of aliphatic hydroxyl groups is 8. The Morgan fingerprint density at radius 1 is 0.919 bits per heavy atom. The fourth-order valence-corrected chi connectivity index (χ4v) is 4.22. The van der Waals surface area contributed by atoms with Crippen LogP contribution < -0.4 is 10.6 Å². The Balaban J connectivity index is 1.56. The van der Waals surface area contributed by atoms with Crippen molar-refractivity contribution < 1.29 is 59.9 Å². The first kappa shape index (κ1) is 29.8. The van der Waals surface area contributed by atoms with Gasteiger partial charge in [-0.1, -0.05) is 30.3 Å². The summed E-state index contributed by atoms with van der Waals surface area (Å²) in [5, 5.41) is 85.9. The molecule has 210 valence electrons. The van der Waals surface area contributed by atoms with E-state index in [-0.39, 0.29) is 6.54 Å². The topological polar surface area (TPSA) is 231 Å². The van der Waals surface area contributed by atoms with Gasteiger partial charge in [0.15, 0.2) is 12.5 Å². The molecule has 1 aromatic carbocycles. The highest BCUT2D eigenvalue weighted by Gasteiger charge is 2.50. The van der Waals surface area contributed by atoms with Gasteiger partial charge in [0.1, 0.15) is 48.8 Å². The fourth-order valence-electron chi connectivity index (χ4n) is 4.22. The van der Waals surface area contributed by atoms with Crippen LogP contribution in [0.4, 0.5) is 0 Å². The number of ether oxygens (including phenoxy) is 3. The molecule has 10 N–H and O–H groups in total. The lowest BCUT2D eigenvalue weighted by atomic mass is 9.96. The molecule has 2 aliphatic heterocycles. The van der Waals surface area contributed by atoms with Crippen molar-refractivity contribution in [2.75, 3.05) is 19.8 Å². The van der Waals surface area contributed by atoms with Crippen LogP contribution in [0.1, 0.15) is 18.6 Å². The summed E-state index contributed by atoms with van der Waals surface area (Å²) in [7, 11) is 0. The van der Waals surface area contributed by atoms with Gasteiger partial charge in [-0.15, -0.1) is 0 Å². The smallest absolute Gasteiger partial charge is 0.236 e. The van der Waals surface area contributed by atoms with Crippen LogP contribution >= 0.6 is 0 Å². The average molecular weight is 533 g/mol. The molecule has 2 unspecified atom stereocenters. The van der Waals surface area contributed by atoms with E-state index in [9.17, 15) is 45.6 Å². The summed E-state index contributed by atoms with van der Waals surface area (Å²) < 4.78 is 16.2. The molecule has 0 aromatic heterocycles. The van der Waals surface area contributed by atoms with Crippen LogP contribution in [0.5, 0.6) is 0 Å². The summed E-state index contributed by atoms with van der Waals surface area (Å²) in [4.78, 5) is 12.4. The second-order valence-corrected chi connectivity index (χ2v) is 9.15. The largest absolute Gasteiger partial charge is 0.394 e. The summed E-state index contributed by atoms with van der Waals surface area (Å²) in [6.45, 7) is -0.00769. The van der Waals surface area contributed by atoms with Crippen LogP contribution in [-0.4, -0.2) is 134 Å². The summed E-state index contributed by atoms with van der Waals surface area (Å²) >= 11 is 0. The third-order valence-corrected chi connectivity index (χ3v) is 6.51. The minimum Gasteiger partial charge on any atom is -0.394 e. The molecule has 0 aliphatic carbocycles. The van der Waals surface area contributed by atoms with E-state index in [2.05, 4.69) is 10.6 Å². The Labute approximate surface area is 213 Å². The maximum Gasteiger partial charge on any atom is 0.236 e. The standard InChI is InChI=1S/C23H36N2O12/c1-10(15(29)11-5-3-2-4-6-11)24-7-14(28)25-22-19(33)18(32)21(13(9-27)35-22)37-23-20(34)17(31)16(30)12(8-26)36-23/h2-6,10,12-13,15-24,26-27,29-34H,7-9H2,1H3,(H,25,28)/t10?,12-,13-,15?,16+,17+,18-,19-,20-,21-,22-,23+/m1/s1. The Bertz CT molecular complexity index is 846. The molecular weight excluding hydrogens is 496 g/mol. The van der Waals surface area contributed by atoms with Crippen molar-refractivity contribution in [3.05, 3.63) is 35.9 Å². The van der Waals surface area contributed by atoms with Crippen LogP contribution in [0.2, 0.25) is 0 Å². The van der Waals surface area contributed by atoms with Gasteiger partial charge < -0.3 is 65.7 Å². The van der Waals surface area contributed by atoms with Crippen molar-refractivity contribution in [2.45, 2.75) is 80.4 Å². The van der Waals surface area contributed by atoms with Crippen LogP contribution in [0.15, 0.2) is 30.3 Å². The molecule has 3 rings (SSSR count). The summed E-state index contributed by atoms with van der Waals surface area (Å²) in [6, 6.07) is 8.35.